The molecule has 1 unspecified atom stereocenters. The van der Waals surface area contributed by atoms with Crippen molar-refractivity contribution in [1.82, 2.24) is 14.7 Å². The molecule has 2 heterocycles. The maximum Gasteiger partial charge on any atom is 0.254 e. The SMILES string of the molecule is CCOCC1CCn2nccc2CN1C(=O)c1ccc(C)c(F)c1. The van der Waals surface area contributed by atoms with E-state index in [9.17, 15) is 9.18 Å². The van der Waals surface area contributed by atoms with Gasteiger partial charge in [-0.1, -0.05) is 6.07 Å². The van der Waals surface area contributed by atoms with E-state index >= 15 is 0 Å². The fraction of sp³-hybridized carbons (Fsp3) is 0.444. The van der Waals surface area contributed by atoms with Crippen LogP contribution >= 0.6 is 0 Å². The number of benzene rings is 1. The zero-order chi connectivity index (χ0) is 17.1. The highest BCUT2D eigenvalue weighted by molar-refractivity contribution is 5.94. The van der Waals surface area contributed by atoms with Crippen molar-refractivity contribution in [3.8, 4) is 0 Å². The Bertz CT molecular complexity index is 729. The van der Waals surface area contributed by atoms with Crippen molar-refractivity contribution >= 4 is 5.91 Å². The van der Waals surface area contributed by atoms with E-state index in [1.54, 1.807) is 30.2 Å². The van der Waals surface area contributed by atoms with Gasteiger partial charge in [-0.3, -0.25) is 9.48 Å². The van der Waals surface area contributed by atoms with E-state index < -0.39 is 0 Å². The standard InChI is InChI=1S/C18H22FN3O2/c1-3-24-12-16-7-9-22-15(6-8-20-22)11-21(16)18(23)14-5-4-13(2)17(19)10-14/h4-6,8,10,16H,3,7,9,11-12H2,1-2H3. The van der Waals surface area contributed by atoms with Gasteiger partial charge in [0, 0.05) is 24.9 Å². The molecule has 0 saturated carbocycles. The molecule has 24 heavy (non-hydrogen) atoms. The lowest BCUT2D eigenvalue weighted by Gasteiger charge is -2.29. The molecule has 2 aromatic rings. The molecule has 1 aromatic carbocycles. The Morgan fingerprint density at radius 3 is 3.00 bits per heavy atom. The number of carbonyl (C=O) groups excluding carboxylic acids is 1. The molecule has 3 rings (SSSR count). The van der Waals surface area contributed by atoms with Crippen molar-refractivity contribution in [2.75, 3.05) is 13.2 Å². The maximum absolute atomic E-state index is 13.9. The summed E-state index contributed by atoms with van der Waals surface area (Å²) < 4.78 is 21.4. The van der Waals surface area contributed by atoms with Crippen LogP contribution in [0.2, 0.25) is 0 Å². The number of hydrogen-bond donors (Lipinski definition) is 0. The van der Waals surface area contributed by atoms with Gasteiger partial charge in [0.05, 0.1) is 24.9 Å². The Hall–Kier alpha value is -2.21. The van der Waals surface area contributed by atoms with Crippen LogP contribution in [0, 0.1) is 12.7 Å². The lowest BCUT2D eigenvalue weighted by molar-refractivity contribution is 0.0422. The molecular weight excluding hydrogens is 309 g/mol. The lowest BCUT2D eigenvalue weighted by atomic mass is 10.1. The van der Waals surface area contributed by atoms with Gasteiger partial charge >= 0.3 is 0 Å². The van der Waals surface area contributed by atoms with Crippen LogP contribution in [0.5, 0.6) is 0 Å². The fourth-order valence-electron chi connectivity index (χ4n) is 2.98. The molecule has 0 saturated heterocycles. The molecule has 1 aromatic heterocycles. The number of fused-ring (bicyclic) bond motifs is 1. The van der Waals surface area contributed by atoms with Gasteiger partial charge in [0.2, 0.25) is 0 Å². The van der Waals surface area contributed by atoms with Crippen molar-refractivity contribution in [2.24, 2.45) is 0 Å². The molecule has 5 nitrogen and oxygen atoms in total. The van der Waals surface area contributed by atoms with E-state index in [4.69, 9.17) is 4.74 Å². The molecule has 0 spiro atoms. The van der Waals surface area contributed by atoms with Crippen LogP contribution in [0.15, 0.2) is 30.5 Å². The van der Waals surface area contributed by atoms with Gasteiger partial charge in [-0.2, -0.15) is 5.10 Å². The predicted octanol–water partition coefficient (Wildman–Crippen LogP) is 2.78. The average Bonchev–Trinajstić information content (AvgIpc) is 2.95. The normalized spacial score (nSPS) is 17.5. The van der Waals surface area contributed by atoms with Crippen LogP contribution in [0.3, 0.4) is 0 Å². The van der Waals surface area contributed by atoms with Crippen molar-refractivity contribution in [1.29, 1.82) is 0 Å². The van der Waals surface area contributed by atoms with E-state index in [2.05, 4.69) is 5.10 Å². The third-order valence-electron chi connectivity index (χ3n) is 4.45. The molecule has 1 atom stereocenters. The number of halogens is 1. The summed E-state index contributed by atoms with van der Waals surface area (Å²) in [6.45, 7) is 5.89. The van der Waals surface area contributed by atoms with Crippen LogP contribution in [-0.2, 0) is 17.8 Å². The minimum absolute atomic E-state index is 0.0523. The molecule has 1 aliphatic heterocycles. The molecule has 128 valence electrons. The number of carbonyl (C=O) groups is 1. The minimum atomic E-state index is -0.359. The van der Waals surface area contributed by atoms with Crippen molar-refractivity contribution < 1.29 is 13.9 Å². The largest absolute Gasteiger partial charge is 0.380 e. The third kappa shape index (κ3) is 3.33. The van der Waals surface area contributed by atoms with E-state index in [1.165, 1.54) is 6.07 Å². The molecule has 1 aliphatic rings. The Morgan fingerprint density at radius 2 is 2.25 bits per heavy atom. The summed E-state index contributed by atoms with van der Waals surface area (Å²) in [4.78, 5) is 14.8. The summed E-state index contributed by atoms with van der Waals surface area (Å²) >= 11 is 0. The number of ether oxygens (including phenoxy) is 1. The highest BCUT2D eigenvalue weighted by Crippen LogP contribution is 2.21. The first-order chi connectivity index (χ1) is 11.6. The Labute approximate surface area is 141 Å². The average molecular weight is 331 g/mol. The molecular formula is C18H22FN3O2. The van der Waals surface area contributed by atoms with Crippen molar-refractivity contribution in [2.45, 2.75) is 39.4 Å². The molecule has 0 N–H and O–H groups in total. The lowest BCUT2D eigenvalue weighted by Crippen LogP contribution is -2.42. The number of hydrogen-bond acceptors (Lipinski definition) is 3. The Kier molecular flexibility index (Phi) is 4.94. The highest BCUT2D eigenvalue weighted by atomic mass is 19.1. The van der Waals surface area contributed by atoms with Gasteiger partial charge in [-0.05, 0) is 44.0 Å². The Morgan fingerprint density at radius 1 is 1.42 bits per heavy atom. The predicted molar refractivity (Wildman–Crippen MR) is 88.1 cm³/mol. The van der Waals surface area contributed by atoms with Gasteiger partial charge in [0.25, 0.3) is 5.91 Å². The van der Waals surface area contributed by atoms with Gasteiger partial charge in [-0.25, -0.2) is 4.39 Å². The first kappa shape index (κ1) is 16.6. The van der Waals surface area contributed by atoms with E-state index in [0.717, 1.165) is 18.7 Å². The first-order valence-corrected chi connectivity index (χ1v) is 8.25. The molecule has 0 radical (unpaired) electrons. The van der Waals surface area contributed by atoms with Crippen LogP contribution in [-0.4, -0.2) is 39.8 Å². The zero-order valence-electron chi connectivity index (χ0n) is 14.0. The molecule has 0 fully saturated rings. The third-order valence-corrected chi connectivity index (χ3v) is 4.45. The molecule has 0 aliphatic carbocycles. The summed E-state index contributed by atoms with van der Waals surface area (Å²) in [5.41, 5.74) is 1.88. The van der Waals surface area contributed by atoms with E-state index in [1.807, 2.05) is 17.7 Å². The van der Waals surface area contributed by atoms with Crippen LogP contribution in [0.4, 0.5) is 4.39 Å². The second kappa shape index (κ2) is 7.13. The van der Waals surface area contributed by atoms with Crippen molar-refractivity contribution in [3.05, 3.63) is 53.1 Å². The second-order valence-electron chi connectivity index (χ2n) is 6.04. The fourth-order valence-corrected chi connectivity index (χ4v) is 2.98. The van der Waals surface area contributed by atoms with Crippen LogP contribution in [0.1, 0.15) is 35.0 Å². The quantitative estimate of drug-likeness (QED) is 0.865. The topological polar surface area (TPSA) is 47.4 Å². The summed E-state index contributed by atoms with van der Waals surface area (Å²) in [5, 5.41) is 4.30. The maximum atomic E-state index is 13.9. The monoisotopic (exact) mass is 331 g/mol. The smallest absolute Gasteiger partial charge is 0.254 e. The highest BCUT2D eigenvalue weighted by Gasteiger charge is 2.29. The summed E-state index contributed by atoms with van der Waals surface area (Å²) in [6.07, 6.45) is 2.50. The van der Waals surface area contributed by atoms with Gasteiger partial charge in [0.1, 0.15) is 5.82 Å². The van der Waals surface area contributed by atoms with E-state index in [-0.39, 0.29) is 17.8 Å². The van der Waals surface area contributed by atoms with E-state index in [0.29, 0.717) is 30.9 Å². The summed E-state index contributed by atoms with van der Waals surface area (Å²) in [7, 11) is 0. The van der Waals surface area contributed by atoms with Gasteiger partial charge in [0.15, 0.2) is 0 Å². The van der Waals surface area contributed by atoms with Crippen LogP contribution < -0.4 is 0 Å². The minimum Gasteiger partial charge on any atom is -0.380 e. The number of aromatic nitrogens is 2. The summed E-state index contributed by atoms with van der Waals surface area (Å²) in [5.74, 6) is -0.532. The number of amides is 1. The number of rotatable bonds is 4. The number of aryl methyl sites for hydroxylation is 2. The second-order valence-corrected chi connectivity index (χ2v) is 6.04. The first-order valence-electron chi connectivity index (χ1n) is 8.25. The zero-order valence-corrected chi connectivity index (χ0v) is 14.0. The molecule has 6 heteroatoms. The number of nitrogens with zero attached hydrogens (tertiary/aromatic N) is 3. The molecule has 1 amide bonds. The molecule has 0 bridgehead atoms. The van der Waals surface area contributed by atoms with Gasteiger partial charge < -0.3 is 9.64 Å². The van der Waals surface area contributed by atoms with Crippen molar-refractivity contribution in [3.63, 3.8) is 0 Å². The Balaban J connectivity index is 1.89. The van der Waals surface area contributed by atoms with Crippen LogP contribution in [0.25, 0.3) is 0 Å². The van der Waals surface area contributed by atoms with Gasteiger partial charge in [-0.15, -0.1) is 0 Å². The summed E-state index contributed by atoms with van der Waals surface area (Å²) in [6, 6.07) is 6.50.